The second-order valence-corrected chi connectivity index (χ2v) is 11.7. The van der Waals surface area contributed by atoms with E-state index in [2.05, 4.69) is 30.6 Å². The summed E-state index contributed by atoms with van der Waals surface area (Å²) in [5.74, 6) is 2.09. The summed E-state index contributed by atoms with van der Waals surface area (Å²) in [6, 6.07) is 0.116. The third-order valence-electron chi connectivity index (χ3n) is 10.2. The zero-order valence-electron chi connectivity index (χ0n) is 19.1. The summed E-state index contributed by atoms with van der Waals surface area (Å²) < 4.78 is 0. The fraction of sp³-hybridized carbons (Fsp3) is 0.880. The fourth-order valence-electron chi connectivity index (χ4n) is 8.23. The SMILES string of the molecule is C[C@]12CCC(NOC3CCC(N)CC3)=CC1C(N=O)C[C@@H]1[C@@H]2CC[C@]2(C)C(=O)CC[C@@H]12. The number of nitrogens with zero attached hydrogens (tertiary/aromatic N) is 1. The molecule has 0 aliphatic heterocycles. The molecule has 5 aliphatic rings. The molecule has 0 aromatic heterocycles. The number of Topliss-reactive ketones (excluding diaryl/α,β-unsaturated/α-hetero) is 1. The van der Waals surface area contributed by atoms with Crippen molar-refractivity contribution in [1.82, 2.24) is 5.48 Å². The van der Waals surface area contributed by atoms with E-state index in [9.17, 15) is 9.70 Å². The van der Waals surface area contributed by atoms with Crippen LogP contribution in [-0.4, -0.2) is 24.0 Å². The molecule has 31 heavy (non-hydrogen) atoms. The zero-order valence-corrected chi connectivity index (χ0v) is 19.1. The normalized spacial score (nSPS) is 49.5. The van der Waals surface area contributed by atoms with Gasteiger partial charge in [0.25, 0.3) is 0 Å². The van der Waals surface area contributed by atoms with Crippen molar-refractivity contribution in [3.63, 3.8) is 0 Å². The molecule has 0 amide bonds. The molecule has 0 aromatic carbocycles. The molecule has 0 aromatic rings. The second-order valence-electron chi connectivity index (χ2n) is 11.7. The van der Waals surface area contributed by atoms with Gasteiger partial charge in [0.05, 0.1) is 12.1 Å². The Kier molecular flexibility index (Phi) is 5.53. The molecular formula is C25H39N3O3. The van der Waals surface area contributed by atoms with Gasteiger partial charge in [-0.1, -0.05) is 25.1 Å². The predicted molar refractivity (Wildman–Crippen MR) is 120 cm³/mol. The monoisotopic (exact) mass is 429 g/mol. The first-order valence-electron chi connectivity index (χ1n) is 12.6. The molecule has 6 heteroatoms. The van der Waals surface area contributed by atoms with Crippen LogP contribution in [0, 0.1) is 39.4 Å². The van der Waals surface area contributed by atoms with Crippen molar-refractivity contribution in [2.75, 3.05) is 0 Å². The highest BCUT2D eigenvalue weighted by molar-refractivity contribution is 5.87. The van der Waals surface area contributed by atoms with Crippen molar-refractivity contribution in [2.45, 2.75) is 103 Å². The molecule has 0 spiro atoms. The van der Waals surface area contributed by atoms with Gasteiger partial charge in [0.1, 0.15) is 5.78 Å². The van der Waals surface area contributed by atoms with E-state index in [1.165, 1.54) is 0 Å². The van der Waals surface area contributed by atoms with Crippen molar-refractivity contribution < 1.29 is 9.63 Å². The van der Waals surface area contributed by atoms with Gasteiger partial charge in [-0.15, -0.1) is 0 Å². The Morgan fingerprint density at radius 3 is 2.58 bits per heavy atom. The minimum absolute atomic E-state index is 0.0806. The maximum absolute atomic E-state index is 12.7. The van der Waals surface area contributed by atoms with E-state index in [0.29, 0.717) is 29.6 Å². The minimum atomic E-state index is -0.200. The molecule has 5 rings (SSSR count). The lowest BCUT2D eigenvalue weighted by atomic mass is 9.45. The van der Waals surface area contributed by atoms with Crippen LogP contribution in [-0.2, 0) is 9.63 Å². The third-order valence-corrected chi connectivity index (χ3v) is 10.2. The average Bonchev–Trinajstić information content (AvgIpc) is 3.07. The number of rotatable bonds is 4. The number of fused-ring (bicyclic) bond motifs is 5. The summed E-state index contributed by atoms with van der Waals surface area (Å²) in [4.78, 5) is 30.7. The van der Waals surface area contributed by atoms with Gasteiger partial charge >= 0.3 is 0 Å². The highest BCUT2D eigenvalue weighted by Crippen LogP contribution is 2.65. The number of allylic oxidation sites excluding steroid dienone is 1. The predicted octanol–water partition coefficient (Wildman–Crippen LogP) is 4.63. The molecule has 2 unspecified atom stereocenters. The summed E-state index contributed by atoms with van der Waals surface area (Å²) in [6.45, 7) is 4.59. The molecule has 172 valence electrons. The van der Waals surface area contributed by atoms with Crippen LogP contribution in [0.3, 0.4) is 0 Å². The largest absolute Gasteiger partial charge is 0.328 e. The Labute approximate surface area is 186 Å². The number of carbonyl (C=O) groups is 1. The van der Waals surface area contributed by atoms with E-state index in [4.69, 9.17) is 10.6 Å². The summed E-state index contributed by atoms with van der Waals surface area (Å²) >= 11 is 0. The highest BCUT2D eigenvalue weighted by atomic mass is 16.7. The summed E-state index contributed by atoms with van der Waals surface area (Å²) in [6.07, 6.45) is 13.2. The van der Waals surface area contributed by atoms with Crippen LogP contribution in [0.5, 0.6) is 0 Å². The van der Waals surface area contributed by atoms with Gasteiger partial charge in [-0.25, -0.2) is 0 Å². The van der Waals surface area contributed by atoms with Crippen LogP contribution in [0.25, 0.3) is 0 Å². The Bertz CT molecular complexity index is 761. The first kappa shape index (κ1) is 21.6. The number of hydrogen-bond acceptors (Lipinski definition) is 6. The molecule has 0 heterocycles. The third kappa shape index (κ3) is 3.49. The second kappa shape index (κ2) is 7.95. The van der Waals surface area contributed by atoms with E-state index in [-0.39, 0.29) is 28.9 Å². The lowest BCUT2D eigenvalue weighted by Crippen LogP contribution is -2.56. The summed E-state index contributed by atoms with van der Waals surface area (Å²) in [5.41, 5.74) is 10.3. The van der Waals surface area contributed by atoms with Gasteiger partial charge in [-0.2, -0.15) is 4.91 Å². The van der Waals surface area contributed by atoms with Gasteiger partial charge < -0.3 is 5.73 Å². The van der Waals surface area contributed by atoms with Crippen molar-refractivity contribution in [3.05, 3.63) is 16.7 Å². The maximum atomic E-state index is 12.7. The van der Waals surface area contributed by atoms with Crippen LogP contribution >= 0.6 is 0 Å². The van der Waals surface area contributed by atoms with Gasteiger partial charge in [-0.3, -0.25) is 15.1 Å². The molecule has 0 radical (unpaired) electrons. The van der Waals surface area contributed by atoms with E-state index in [1.54, 1.807) is 0 Å². The Morgan fingerprint density at radius 1 is 1.06 bits per heavy atom. The van der Waals surface area contributed by atoms with E-state index < -0.39 is 0 Å². The van der Waals surface area contributed by atoms with Crippen LogP contribution in [0.4, 0.5) is 0 Å². The van der Waals surface area contributed by atoms with Crippen LogP contribution in [0.1, 0.15) is 84.5 Å². The molecule has 4 saturated carbocycles. The lowest BCUT2D eigenvalue weighted by molar-refractivity contribution is -0.136. The smallest absolute Gasteiger partial charge is 0.139 e. The molecule has 0 saturated heterocycles. The number of ketones is 1. The summed E-state index contributed by atoms with van der Waals surface area (Å²) in [5, 5.41) is 3.65. The van der Waals surface area contributed by atoms with Crippen molar-refractivity contribution >= 4 is 5.78 Å². The summed E-state index contributed by atoms with van der Waals surface area (Å²) in [7, 11) is 0. The van der Waals surface area contributed by atoms with Gasteiger partial charge in [-0.05, 0) is 87.4 Å². The standard InChI is InChI=1S/C25H39N3O3/c1-24-11-9-16(28-31-17-5-3-15(26)4-6-17)13-21(24)22(27-30)14-18-19-7-8-23(29)25(19,2)12-10-20(18)24/h13,15,17-22,28H,3-12,14,26H2,1-2H3/t15?,17?,18-,19-,20-,21?,22?,24+,25-/m0/s1. The Morgan fingerprint density at radius 2 is 1.84 bits per heavy atom. The molecule has 0 bridgehead atoms. The number of carbonyl (C=O) groups excluding carboxylic acids is 1. The quantitative estimate of drug-likeness (QED) is 0.502. The number of hydroxylamine groups is 1. The first-order chi connectivity index (χ1) is 14.8. The maximum Gasteiger partial charge on any atom is 0.139 e. The number of hydrogen-bond donors (Lipinski definition) is 2. The van der Waals surface area contributed by atoms with Crippen LogP contribution in [0.2, 0.25) is 0 Å². The van der Waals surface area contributed by atoms with Crippen LogP contribution in [0.15, 0.2) is 16.9 Å². The number of nitrogens with two attached hydrogens (primary N) is 1. The first-order valence-corrected chi connectivity index (χ1v) is 12.6. The lowest BCUT2D eigenvalue weighted by Gasteiger charge is -2.59. The molecule has 4 fully saturated rings. The highest BCUT2D eigenvalue weighted by Gasteiger charge is 2.61. The molecule has 3 N–H and O–H groups in total. The number of nitrogens with one attached hydrogen (secondary N) is 1. The minimum Gasteiger partial charge on any atom is -0.328 e. The average molecular weight is 430 g/mol. The molecule has 5 aliphatic carbocycles. The molecule has 6 nitrogen and oxygen atoms in total. The van der Waals surface area contributed by atoms with Crippen molar-refractivity contribution in [1.29, 1.82) is 0 Å². The van der Waals surface area contributed by atoms with E-state index in [1.807, 2.05) is 0 Å². The van der Waals surface area contributed by atoms with Gasteiger partial charge in [0, 0.05) is 29.5 Å². The fourth-order valence-corrected chi connectivity index (χ4v) is 8.23. The van der Waals surface area contributed by atoms with Crippen LogP contribution < -0.4 is 11.2 Å². The molecule has 7 atom stereocenters. The Hall–Kier alpha value is -1.27. The molecular weight excluding hydrogens is 390 g/mol. The van der Waals surface area contributed by atoms with Crippen molar-refractivity contribution in [2.24, 2.45) is 45.4 Å². The number of nitroso groups, excluding NO2 is 1. The van der Waals surface area contributed by atoms with Gasteiger partial charge in [0.2, 0.25) is 0 Å². The van der Waals surface area contributed by atoms with Gasteiger partial charge in [0.15, 0.2) is 0 Å². The van der Waals surface area contributed by atoms with E-state index >= 15 is 0 Å². The Balaban J connectivity index is 1.33. The zero-order chi connectivity index (χ0) is 21.8. The van der Waals surface area contributed by atoms with E-state index in [0.717, 1.165) is 76.3 Å². The van der Waals surface area contributed by atoms with Crippen molar-refractivity contribution in [3.8, 4) is 0 Å². The topological polar surface area (TPSA) is 93.8 Å².